The van der Waals surface area contributed by atoms with E-state index in [0.29, 0.717) is 0 Å². The maximum absolute atomic E-state index is 13.6. The van der Waals surface area contributed by atoms with E-state index in [1.54, 1.807) is 90.4 Å². The third-order valence-corrected chi connectivity index (χ3v) is 13.3. The summed E-state index contributed by atoms with van der Waals surface area (Å²) in [5.41, 5.74) is -0.169. The second-order valence-electron chi connectivity index (χ2n) is 13.8. The topological polar surface area (TPSA) is 339 Å². The van der Waals surface area contributed by atoms with Crippen LogP contribution in [-0.4, -0.2) is 178 Å². The Hall–Kier alpha value is -2.18. The van der Waals surface area contributed by atoms with Crippen LogP contribution in [0.4, 0.5) is 11.4 Å². The van der Waals surface area contributed by atoms with Crippen LogP contribution in [-0.2, 0) is 9.59 Å². The van der Waals surface area contributed by atoms with Gasteiger partial charge in [0, 0.05) is 43.6 Å². The smallest absolute Gasteiger partial charge is 0.253 e. The summed E-state index contributed by atoms with van der Waals surface area (Å²) < 4.78 is 0.493. The maximum atomic E-state index is 13.6. The first kappa shape index (κ1) is 56.0. The van der Waals surface area contributed by atoms with Gasteiger partial charge in [0.25, 0.3) is 23.6 Å². The van der Waals surface area contributed by atoms with Crippen LogP contribution < -0.4 is 31.1 Å². The molecular formula is C37H50I4N6O15. The second-order valence-corrected chi connectivity index (χ2v) is 18.1. The number of carbonyl (C=O) groups excluding carboxylic acids is 6. The number of nitrogens with one attached hydrogen (secondary N) is 4. The summed E-state index contributed by atoms with van der Waals surface area (Å²) in [6.45, 7) is -0.113. The van der Waals surface area contributed by atoms with Crippen LogP contribution in [0.3, 0.4) is 0 Å². The van der Waals surface area contributed by atoms with Crippen LogP contribution >= 0.6 is 90.4 Å². The minimum absolute atomic E-state index is 0.000185. The molecule has 346 valence electrons. The number of benzene rings is 2. The minimum atomic E-state index is -1.62. The Kier molecular flexibility index (Phi) is 23.5. The summed E-state index contributed by atoms with van der Waals surface area (Å²) in [4.78, 5) is 83.8. The highest BCUT2D eigenvalue weighted by Gasteiger charge is 2.35. The Morgan fingerprint density at radius 3 is 1.03 bits per heavy atom. The molecule has 0 bridgehead atoms. The van der Waals surface area contributed by atoms with Gasteiger partial charge in [-0.25, -0.2) is 0 Å². The average molecular weight is 1330 g/mol. The monoisotopic (exact) mass is 1330 g/mol. The van der Waals surface area contributed by atoms with Gasteiger partial charge in [0.05, 0.1) is 114 Å². The van der Waals surface area contributed by atoms with E-state index in [1.807, 2.05) is 0 Å². The Balaban J connectivity index is 2.84. The highest BCUT2D eigenvalue weighted by atomic mass is 127. The Labute approximate surface area is 410 Å². The van der Waals surface area contributed by atoms with Crippen molar-refractivity contribution in [2.75, 3.05) is 75.5 Å². The molecule has 13 N–H and O–H groups in total. The molecule has 5 unspecified atom stereocenters. The van der Waals surface area contributed by atoms with Crippen LogP contribution in [0.15, 0.2) is 0 Å². The third kappa shape index (κ3) is 14.4. The van der Waals surface area contributed by atoms with Crippen molar-refractivity contribution in [2.24, 2.45) is 0 Å². The molecule has 0 fully saturated rings. The molecule has 6 amide bonds. The van der Waals surface area contributed by atoms with Gasteiger partial charge in [-0.3, -0.25) is 28.8 Å². The van der Waals surface area contributed by atoms with Gasteiger partial charge in [-0.1, -0.05) is 0 Å². The van der Waals surface area contributed by atoms with Gasteiger partial charge in [0.15, 0.2) is 0 Å². The molecular weight excluding hydrogens is 1280 g/mol. The molecule has 2 aromatic carbocycles. The van der Waals surface area contributed by atoms with E-state index in [1.165, 1.54) is 13.8 Å². The zero-order chi connectivity index (χ0) is 47.3. The third-order valence-electron chi connectivity index (χ3n) is 9.03. The molecule has 2 rings (SSSR count). The van der Waals surface area contributed by atoms with Crippen LogP contribution in [0.1, 0.15) is 66.4 Å². The fourth-order valence-electron chi connectivity index (χ4n) is 5.83. The number of hydrogen-bond acceptors (Lipinski definition) is 15. The fourth-order valence-corrected chi connectivity index (χ4v) is 11.7. The van der Waals surface area contributed by atoms with Crippen LogP contribution in [0.2, 0.25) is 0 Å². The van der Waals surface area contributed by atoms with Crippen molar-refractivity contribution in [2.45, 2.75) is 58.2 Å². The number of aliphatic hydroxyl groups excluding tert-OH is 9. The normalized spacial score (nSPS) is 13.6. The second kappa shape index (κ2) is 26.1. The van der Waals surface area contributed by atoms with Crippen molar-refractivity contribution in [1.29, 1.82) is 0 Å². The SMILES string of the molecule is CC(=O)N(CC(O)CN(C(C)=O)c1c(I)c(C(=O)NCC(O)CO)c(C)c(C(=O)NCC(O)CO)c1I)c1c(C)c(C(=O)NCC(O)CO)c(I)c(C(=O)NCC(O)CO)c1I. The molecule has 0 aliphatic rings. The largest absolute Gasteiger partial charge is 0.394 e. The summed E-state index contributed by atoms with van der Waals surface area (Å²) in [7, 11) is 0. The first-order chi connectivity index (χ1) is 29.0. The summed E-state index contributed by atoms with van der Waals surface area (Å²) in [6.07, 6.45) is -6.93. The molecule has 0 spiro atoms. The molecule has 0 aliphatic carbocycles. The summed E-state index contributed by atoms with van der Waals surface area (Å²) >= 11 is 7.13. The predicted octanol–water partition coefficient (Wildman–Crippen LogP) is -2.18. The zero-order valence-electron chi connectivity index (χ0n) is 33.8. The molecule has 62 heavy (non-hydrogen) atoms. The van der Waals surface area contributed by atoms with Crippen molar-refractivity contribution >= 4 is 137 Å². The van der Waals surface area contributed by atoms with Crippen LogP contribution in [0.5, 0.6) is 0 Å². The number of aliphatic hydroxyl groups is 9. The van der Waals surface area contributed by atoms with Gasteiger partial charge in [-0.05, 0) is 115 Å². The van der Waals surface area contributed by atoms with Crippen molar-refractivity contribution in [3.05, 3.63) is 47.7 Å². The number of amides is 6. The average Bonchev–Trinajstić information content (AvgIpc) is 3.21. The summed E-state index contributed by atoms with van der Waals surface area (Å²) in [5.74, 6) is -4.56. The molecule has 0 saturated heterocycles. The van der Waals surface area contributed by atoms with Gasteiger partial charge in [0.2, 0.25) is 11.8 Å². The molecule has 0 saturated carbocycles. The van der Waals surface area contributed by atoms with Gasteiger partial charge < -0.3 is 77.0 Å². The summed E-state index contributed by atoms with van der Waals surface area (Å²) in [5, 5.41) is 98.5. The van der Waals surface area contributed by atoms with Gasteiger partial charge >= 0.3 is 0 Å². The number of hydrogen-bond donors (Lipinski definition) is 13. The number of halogens is 4. The molecule has 2 aromatic rings. The number of anilines is 2. The number of nitrogens with zero attached hydrogens (tertiary/aromatic N) is 2. The Bertz CT molecular complexity index is 1750. The highest BCUT2D eigenvalue weighted by molar-refractivity contribution is 14.1. The van der Waals surface area contributed by atoms with Gasteiger partial charge in [0.1, 0.15) is 0 Å². The number of carbonyl (C=O) groups is 6. The van der Waals surface area contributed by atoms with Crippen molar-refractivity contribution < 1.29 is 74.7 Å². The van der Waals surface area contributed by atoms with E-state index < -0.39 is 105 Å². The first-order valence-electron chi connectivity index (χ1n) is 18.6. The number of rotatable bonds is 22. The molecule has 0 heterocycles. The van der Waals surface area contributed by atoms with Gasteiger partial charge in [-0.2, -0.15) is 0 Å². The lowest BCUT2D eigenvalue weighted by atomic mass is 9.98. The van der Waals surface area contributed by atoms with E-state index >= 15 is 0 Å². The maximum Gasteiger partial charge on any atom is 0.253 e. The lowest BCUT2D eigenvalue weighted by Crippen LogP contribution is -2.45. The van der Waals surface area contributed by atoms with E-state index in [9.17, 15) is 74.7 Å². The van der Waals surface area contributed by atoms with E-state index in [2.05, 4.69) is 21.3 Å². The zero-order valence-corrected chi connectivity index (χ0v) is 42.5. The van der Waals surface area contributed by atoms with Crippen molar-refractivity contribution in [1.82, 2.24) is 21.3 Å². The molecule has 0 aliphatic heterocycles. The van der Waals surface area contributed by atoms with Crippen LogP contribution in [0, 0.1) is 28.1 Å². The predicted molar refractivity (Wildman–Crippen MR) is 257 cm³/mol. The molecule has 5 atom stereocenters. The quantitative estimate of drug-likeness (QED) is 0.0558. The Morgan fingerprint density at radius 2 is 0.726 bits per heavy atom. The molecule has 0 aromatic heterocycles. The fraction of sp³-hybridized carbons (Fsp3) is 0.514. The highest BCUT2D eigenvalue weighted by Crippen LogP contribution is 2.39. The lowest BCUT2D eigenvalue weighted by Gasteiger charge is -2.33. The molecule has 0 radical (unpaired) electrons. The molecule has 25 heteroatoms. The Morgan fingerprint density at radius 1 is 0.452 bits per heavy atom. The van der Waals surface area contributed by atoms with E-state index in [-0.39, 0.29) is 85.2 Å². The van der Waals surface area contributed by atoms with E-state index in [0.717, 1.165) is 23.6 Å². The van der Waals surface area contributed by atoms with Gasteiger partial charge in [-0.15, -0.1) is 0 Å². The summed E-state index contributed by atoms with van der Waals surface area (Å²) in [6, 6.07) is 0. The standard InChI is InChI=1S/C37H50I4N6O15/c1-15-24(34(59)42-5-19(54)11-48)29(39)33(30(40)25(15)35(60)43-6-20(55)12-49)47(18(4)53)10-23(58)9-46(17(3)52)32-16(2)26(36(61)44-7-21(56)13-50)28(38)27(31(32)41)37(62)45-8-22(57)14-51/h19-23,48-51,54-58H,5-14H2,1-4H3,(H,42,59)(H,43,60)(H,44,61)(H,45,62). The minimum Gasteiger partial charge on any atom is -0.394 e. The first-order valence-corrected chi connectivity index (χ1v) is 22.9. The lowest BCUT2D eigenvalue weighted by molar-refractivity contribution is -0.117. The van der Waals surface area contributed by atoms with Crippen molar-refractivity contribution in [3.63, 3.8) is 0 Å². The van der Waals surface area contributed by atoms with E-state index in [4.69, 9.17) is 0 Å². The van der Waals surface area contributed by atoms with Crippen molar-refractivity contribution in [3.8, 4) is 0 Å². The van der Waals surface area contributed by atoms with Crippen LogP contribution in [0.25, 0.3) is 0 Å². The molecule has 21 nitrogen and oxygen atoms in total.